The van der Waals surface area contributed by atoms with Crippen LogP contribution in [0, 0.1) is 0 Å². The summed E-state index contributed by atoms with van der Waals surface area (Å²) in [6.45, 7) is 0.694. The highest BCUT2D eigenvalue weighted by Gasteiger charge is 2.02. The molecule has 24 heavy (non-hydrogen) atoms. The molecule has 5 heteroatoms. The Bertz CT molecular complexity index is 629. The van der Waals surface area contributed by atoms with Gasteiger partial charge in [-0.05, 0) is 41.8 Å². The minimum atomic E-state index is 0.0953. The zero-order valence-corrected chi connectivity index (χ0v) is 15.3. The number of ether oxygens (including phenoxy) is 1. The van der Waals surface area contributed by atoms with Crippen molar-refractivity contribution in [3.8, 4) is 5.75 Å². The van der Waals surface area contributed by atoms with Crippen molar-refractivity contribution in [2.24, 2.45) is 0 Å². The first-order valence-corrected chi connectivity index (χ1v) is 9.42. The molecule has 1 N–H and O–H groups in total. The zero-order chi connectivity index (χ0) is 17.2. The average molecular weight is 364 g/mol. The summed E-state index contributed by atoms with van der Waals surface area (Å²) in [6, 6.07) is 15.7. The minimum absolute atomic E-state index is 0.0953. The molecule has 0 atom stereocenters. The standard InChI is InChI=1S/C19H22ClNO2S/c1-23-18-9-4-15(5-10-18)6-11-19(22)21-12-13-24-14-16-2-7-17(20)8-3-16/h2-5,7-10H,6,11-14H2,1H3,(H,21,22). The summed E-state index contributed by atoms with van der Waals surface area (Å²) in [7, 11) is 1.65. The molecular weight excluding hydrogens is 342 g/mol. The van der Waals surface area contributed by atoms with Crippen LogP contribution in [-0.4, -0.2) is 25.3 Å². The maximum atomic E-state index is 11.9. The molecule has 3 nitrogen and oxygen atoms in total. The maximum absolute atomic E-state index is 11.9. The number of hydrogen-bond acceptors (Lipinski definition) is 3. The predicted octanol–water partition coefficient (Wildman–Crippen LogP) is 4.33. The van der Waals surface area contributed by atoms with E-state index < -0.39 is 0 Å². The molecule has 2 aromatic carbocycles. The second kappa shape index (κ2) is 10.3. The van der Waals surface area contributed by atoms with Crippen molar-refractivity contribution in [2.45, 2.75) is 18.6 Å². The first kappa shape index (κ1) is 18.7. The van der Waals surface area contributed by atoms with Crippen LogP contribution in [0.2, 0.25) is 5.02 Å². The van der Waals surface area contributed by atoms with E-state index in [1.54, 1.807) is 18.9 Å². The Kier molecular flexibility index (Phi) is 7.99. The number of methoxy groups -OCH3 is 1. The van der Waals surface area contributed by atoms with E-state index in [2.05, 4.69) is 5.32 Å². The third-order valence-electron chi connectivity index (χ3n) is 3.55. The number of carbonyl (C=O) groups excluding carboxylic acids is 1. The number of rotatable bonds is 9. The molecule has 2 rings (SSSR count). The highest BCUT2D eigenvalue weighted by Crippen LogP contribution is 2.15. The van der Waals surface area contributed by atoms with Gasteiger partial charge < -0.3 is 10.1 Å². The van der Waals surface area contributed by atoms with Crippen molar-refractivity contribution in [2.75, 3.05) is 19.4 Å². The number of halogens is 1. The second-order valence-electron chi connectivity index (χ2n) is 5.38. The predicted molar refractivity (Wildman–Crippen MR) is 102 cm³/mol. The van der Waals surface area contributed by atoms with Gasteiger partial charge in [0.1, 0.15) is 5.75 Å². The smallest absolute Gasteiger partial charge is 0.220 e. The summed E-state index contributed by atoms with van der Waals surface area (Å²) in [6.07, 6.45) is 1.25. The number of carbonyl (C=O) groups is 1. The molecule has 0 fully saturated rings. The van der Waals surface area contributed by atoms with Gasteiger partial charge in [0.05, 0.1) is 7.11 Å². The Balaban J connectivity index is 1.56. The lowest BCUT2D eigenvalue weighted by atomic mass is 10.1. The first-order valence-electron chi connectivity index (χ1n) is 7.89. The van der Waals surface area contributed by atoms with Gasteiger partial charge in [-0.25, -0.2) is 0 Å². The normalized spacial score (nSPS) is 10.4. The van der Waals surface area contributed by atoms with Gasteiger partial charge in [-0.1, -0.05) is 35.9 Å². The van der Waals surface area contributed by atoms with Crippen molar-refractivity contribution in [3.63, 3.8) is 0 Å². The number of benzene rings is 2. The summed E-state index contributed by atoms with van der Waals surface area (Å²) in [5.41, 5.74) is 2.39. The Morgan fingerprint density at radius 3 is 2.42 bits per heavy atom. The van der Waals surface area contributed by atoms with Gasteiger partial charge in [0, 0.05) is 29.5 Å². The number of thioether (sulfide) groups is 1. The van der Waals surface area contributed by atoms with Crippen LogP contribution < -0.4 is 10.1 Å². The van der Waals surface area contributed by atoms with Crippen LogP contribution in [-0.2, 0) is 17.0 Å². The van der Waals surface area contributed by atoms with Crippen molar-refractivity contribution >= 4 is 29.3 Å². The lowest BCUT2D eigenvalue weighted by Crippen LogP contribution is -2.25. The fourth-order valence-corrected chi connectivity index (χ4v) is 3.12. The fraction of sp³-hybridized carbons (Fsp3) is 0.316. The van der Waals surface area contributed by atoms with E-state index in [4.69, 9.17) is 16.3 Å². The first-order chi connectivity index (χ1) is 11.7. The quantitative estimate of drug-likeness (QED) is 0.674. The SMILES string of the molecule is COc1ccc(CCC(=O)NCCSCc2ccc(Cl)cc2)cc1. The molecule has 0 spiro atoms. The molecule has 0 aliphatic carbocycles. The van der Waals surface area contributed by atoms with Crippen molar-refractivity contribution in [3.05, 3.63) is 64.7 Å². The molecule has 0 bridgehead atoms. The number of nitrogens with one attached hydrogen (secondary N) is 1. The van der Waals surface area contributed by atoms with Gasteiger partial charge >= 0.3 is 0 Å². The third-order valence-corrected chi connectivity index (χ3v) is 4.83. The van der Waals surface area contributed by atoms with E-state index >= 15 is 0 Å². The molecule has 1 amide bonds. The van der Waals surface area contributed by atoms with E-state index in [-0.39, 0.29) is 5.91 Å². The molecule has 0 saturated carbocycles. The average Bonchev–Trinajstić information content (AvgIpc) is 2.61. The van der Waals surface area contributed by atoms with Gasteiger partial charge in [0.25, 0.3) is 0 Å². The van der Waals surface area contributed by atoms with Crippen molar-refractivity contribution < 1.29 is 9.53 Å². The molecule has 128 valence electrons. The summed E-state index contributed by atoms with van der Waals surface area (Å²) in [4.78, 5) is 11.9. The van der Waals surface area contributed by atoms with Crippen LogP contribution in [0.1, 0.15) is 17.5 Å². The molecule has 0 saturated heterocycles. The molecule has 0 heterocycles. The van der Waals surface area contributed by atoms with Gasteiger partial charge in [-0.3, -0.25) is 4.79 Å². The van der Waals surface area contributed by atoms with Crippen LogP contribution in [0.25, 0.3) is 0 Å². The number of amides is 1. The Labute approximate surface area is 152 Å². The van der Waals surface area contributed by atoms with Gasteiger partial charge in [-0.2, -0.15) is 11.8 Å². The van der Waals surface area contributed by atoms with Gasteiger partial charge in [-0.15, -0.1) is 0 Å². The molecule has 0 radical (unpaired) electrons. The highest BCUT2D eigenvalue weighted by atomic mass is 35.5. The van der Waals surface area contributed by atoms with E-state index in [1.165, 1.54) is 5.56 Å². The number of aryl methyl sites for hydroxylation is 1. The Hall–Kier alpha value is -1.65. The van der Waals surface area contributed by atoms with E-state index in [9.17, 15) is 4.79 Å². The third kappa shape index (κ3) is 6.85. The van der Waals surface area contributed by atoms with Gasteiger partial charge in [0.2, 0.25) is 5.91 Å². The van der Waals surface area contributed by atoms with Crippen LogP contribution in [0.5, 0.6) is 5.75 Å². The lowest BCUT2D eigenvalue weighted by Gasteiger charge is -2.06. The van der Waals surface area contributed by atoms with Gasteiger partial charge in [0.15, 0.2) is 0 Å². The Morgan fingerprint density at radius 2 is 1.75 bits per heavy atom. The maximum Gasteiger partial charge on any atom is 0.220 e. The lowest BCUT2D eigenvalue weighted by molar-refractivity contribution is -0.120. The summed E-state index contributed by atoms with van der Waals surface area (Å²) >= 11 is 7.66. The molecule has 0 aromatic heterocycles. The van der Waals surface area contributed by atoms with Crippen LogP contribution in [0.4, 0.5) is 0 Å². The van der Waals surface area contributed by atoms with Crippen molar-refractivity contribution in [1.29, 1.82) is 0 Å². The van der Waals surface area contributed by atoms with Crippen LogP contribution >= 0.6 is 23.4 Å². The topological polar surface area (TPSA) is 38.3 Å². The molecule has 0 aliphatic rings. The fourth-order valence-electron chi connectivity index (χ4n) is 2.17. The minimum Gasteiger partial charge on any atom is -0.497 e. The number of hydrogen-bond donors (Lipinski definition) is 1. The molecule has 2 aromatic rings. The second-order valence-corrected chi connectivity index (χ2v) is 6.92. The highest BCUT2D eigenvalue weighted by molar-refractivity contribution is 7.98. The largest absolute Gasteiger partial charge is 0.497 e. The summed E-state index contributed by atoms with van der Waals surface area (Å²) < 4.78 is 5.12. The van der Waals surface area contributed by atoms with Crippen LogP contribution in [0.15, 0.2) is 48.5 Å². The van der Waals surface area contributed by atoms with E-state index in [0.717, 1.165) is 34.3 Å². The molecule has 0 unspecified atom stereocenters. The molecule has 0 aliphatic heterocycles. The van der Waals surface area contributed by atoms with Crippen LogP contribution in [0.3, 0.4) is 0 Å². The zero-order valence-electron chi connectivity index (χ0n) is 13.8. The van der Waals surface area contributed by atoms with E-state index in [1.807, 2.05) is 48.5 Å². The summed E-state index contributed by atoms with van der Waals surface area (Å²) in [5, 5.41) is 3.72. The Morgan fingerprint density at radius 1 is 1.08 bits per heavy atom. The van der Waals surface area contributed by atoms with Crippen molar-refractivity contribution in [1.82, 2.24) is 5.32 Å². The van der Waals surface area contributed by atoms with E-state index in [0.29, 0.717) is 13.0 Å². The molecular formula is C19H22ClNO2S. The summed E-state index contributed by atoms with van der Waals surface area (Å²) in [5.74, 6) is 2.76. The monoisotopic (exact) mass is 363 g/mol.